The van der Waals surface area contributed by atoms with E-state index in [4.69, 9.17) is 10.2 Å². The molecule has 0 aromatic heterocycles. The van der Waals surface area contributed by atoms with E-state index in [9.17, 15) is 4.79 Å². The van der Waals surface area contributed by atoms with Gasteiger partial charge in [0.05, 0.1) is 0 Å². The molecule has 0 bridgehead atoms. The van der Waals surface area contributed by atoms with Gasteiger partial charge in [0.1, 0.15) is 6.10 Å². The molecule has 0 saturated heterocycles. The third-order valence-electron chi connectivity index (χ3n) is 1.50. The summed E-state index contributed by atoms with van der Waals surface area (Å²) in [5, 5.41) is 17.5. The Balaban J connectivity index is 3.46. The number of hydrogen-bond donors (Lipinski definition) is 2. The average molecular weight is 160 g/mol. The molecule has 2 N–H and O–H groups in total. The molecule has 0 aromatic rings. The Morgan fingerprint density at radius 1 is 1.55 bits per heavy atom. The number of aliphatic hydroxyl groups is 2. The minimum absolute atomic E-state index is 0.0382. The lowest BCUT2D eigenvalue weighted by molar-refractivity contribution is -0.127. The number of aliphatic hydroxyl groups excluding tert-OH is 2. The lowest BCUT2D eigenvalue weighted by Gasteiger charge is -2.06. The molecule has 0 aliphatic carbocycles. The maximum atomic E-state index is 10.9. The SMILES string of the molecule is CCCC(=O)C(O)CCCO. The van der Waals surface area contributed by atoms with Crippen LogP contribution in [0.5, 0.6) is 0 Å². The van der Waals surface area contributed by atoms with Gasteiger partial charge in [0.25, 0.3) is 0 Å². The van der Waals surface area contributed by atoms with Crippen molar-refractivity contribution in [1.82, 2.24) is 0 Å². The zero-order valence-corrected chi connectivity index (χ0v) is 6.92. The van der Waals surface area contributed by atoms with Crippen molar-refractivity contribution >= 4 is 5.78 Å². The predicted molar refractivity (Wildman–Crippen MR) is 42.2 cm³/mol. The molecule has 0 saturated carbocycles. The van der Waals surface area contributed by atoms with Crippen molar-refractivity contribution in [1.29, 1.82) is 0 Å². The normalized spacial score (nSPS) is 13.0. The standard InChI is InChI=1S/C8H16O3/c1-2-4-7(10)8(11)5-3-6-9/h8-9,11H,2-6H2,1H3. The molecule has 66 valence electrons. The summed E-state index contributed by atoms with van der Waals surface area (Å²) in [6.07, 6.45) is 1.23. The first-order valence-electron chi connectivity index (χ1n) is 4.04. The second-order valence-electron chi connectivity index (χ2n) is 2.60. The highest BCUT2D eigenvalue weighted by molar-refractivity contribution is 5.82. The van der Waals surface area contributed by atoms with Crippen LogP contribution in [0.15, 0.2) is 0 Å². The Morgan fingerprint density at radius 2 is 2.18 bits per heavy atom. The van der Waals surface area contributed by atoms with Gasteiger partial charge in [-0.2, -0.15) is 0 Å². The summed E-state index contributed by atoms with van der Waals surface area (Å²) in [6, 6.07) is 0. The van der Waals surface area contributed by atoms with Gasteiger partial charge in [0, 0.05) is 13.0 Å². The van der Waals surface area contributed by atoms with Crippen LogP contribution in [0.1, 0.15) is 32.6 Å². The molecule has 0 fully saturated rings. The van der Waals surface area contributed by atoms with Gasteiger partial charge in [-0.3, -0.25) is 4.79 Å². The number of carbonyl (C=O) groups is 1. The number of hydrogen-bond acceptors (Lipinski definition) is 3. The van der Waals surface area contributed by atoms with Crippen LogP contribution in [-0.4, -0.2) is 28.7 Å². The Kier molecular flexibility index (Phi) is 6.07. The van der Waals surface area contributed by atoms with Crippen LogP contribution >= 0.6 is 0 Å². The molecule has 3 nitrogen and oxygen atoms in total. The molecule has 0 aromatic carbocycles. The van der Waals surface area contributed by atoms with Crippen molar-refractivity contribution in [3.05, 3.63) is 0 Å². The first-order valence-corrected chi connectivity index (χ1v) is 4.04. The summed E-state index contributed by atoms with van der Waals surface area (Å²) in [7, 11) is 0. The highest BCUT2D eigenvalue weighted by atomic mass is 16.3. The van der Waals surface area contributed by atoms with Crippen LogP contribution in [0.2, 0.25) is 0 Å². The summed E-state index contributed by atoms with van der Waals surface area (Å²) < 4.78 is 0. The fourth-order valence-electron chi connectivity index (χ4n) is 0.859. The molecule has 0 aliphatic heterocycles. The first-order chi connectivity index (χ1) is 5.22. The maximum absolute atomic E-state index is 10.9. The third kappa shape index (κ3) is 4.93. The largest absolute Gasteiger partial charge is 0.396 e. The van der Waals surface area contributed by atoms with Gasteiger partial charge in [-0.05, 0) is 19.3 Å². The summed E-state index contributed by atoms with van der Waals surface area (Å²) in [4.78, 5) is 10.9. The number of ketones is 1. The molecular formula is C8H16O3. The molecule has 0 amide bonds. The van der Waals surface area contributed by atoms with Crippen molar-refractivity contribution in [2.45, 2.75) is 38.7 Å². The van der Waals surface area contributed by atoms with E-state index in [2.05, 4.69) is 0 Å². The van der Waals surface area contributed by atoms with Crippen LogP contribution in [-0.2, 0) is 4.79 Å². The van der Waals surface area contributed by atoms with Gasteiger partial charge in [0.15, 0.2) is 5.78 Å². The Hall–Kier alpha value is -0.410. The van der Waals surface area contributed by atoms with E-state index in [0.29, 0.717) is 19.3 Å². The Morgan fingerprint density at radius 3 is 2.64 bits per heavy atom. The molecule has 0 heterocycles. The van der Waals surface area contributed by atoms with E-state index >= 15 is 0 Å². The number of rotatable bonds is 6. The molecule has 11 heavy (non-hydrogen) atoms. The summed E-state index contributed by atoms with van der Waals surface area (Å²) >= 11 is 0. The molecule has 1 atom stereocenters. The predicted octanol–water partition coefficient (Wildman–Crippen LogP) is 0.489. The molecular weight excluding hydrogens is 144 g/mol. The summed E-state index contributed by atoms with van der Waals surface area (Å²) in [5.74, 6) is -0.110. The summed E-state index contributed by atoms with van der Waals surface area (Å²) in [6.45, 7) is 1.94. The van der Waals surface area contributed by atoms with E-state index in [1.807, 2.05) is 6.92 Å². The van der Waals surface area contributed by atoms with Crippen LogP contribution in [0, 0.1) is 0 Å². The van der Waals surface area contributed by atoms with Crippen molar-refractivity contribution in [3.8, 4) is 0 Å². The zero-order valence-electron chi connectivity index (χ0n) is 6.92. The minimum atomic E-state index is -0.859. The summed E-state index contributed by atoms with van der Waals surface area (Å²) in [5.41, 5.74) is 0. The lowest BCUT2D eigenvalue weighted by atomic mass is 10.1. The Labute approximate surface area is 67.0 Å². The van der Waals surface area contributed by atoms with Gasteiger partial charge in [0.2, 0.25) is 0 Å². The Bertz CT molecular complexity index is 112. The number of Topliss-reactive ketones (excluding diaryl/α,β-unsaturated/α-hetero) is 1. The van der Waals surface area contributed by atoms with Crippen molar-refractivity contribution in [2.75, 3.05) is 6.61 Å². The van der Waals surface area contributed by atoms with E-state index in [0.717, 1.165) is 6.42 Å². The zero-order chi connectivity index (χ0) is 8.69. The number of carbonyl (C=O) groups excluding carboxylic acids is 1. The maximum Gasteiger partial charge on any atom is 0.161 e. The molecule has 1 unspecified atom stereocenters. The van der Waals surface area contributed by atoms with Crippen molar-refractivity contribution in [2.24, 2.45) is 0 Å². The van der Waals surface area contributed by atoms with E-state index in [1.54, 1.807) is 0 Å². The fraction of sp³-hybridized carbons (Fsp3) is 0.875. The highest BCUT2D eigenvalue weighted by Gasteiger charge is 2.12. The first kappa shape index (κ1) is 10.6. The van der Waals surface area contributed by atoms with Gasteiger partial charge >= 0.3 is 0 Å². The van der Waals surface area contributed by atoms with Crippen molar-refractivity contribution < 1.29 is 15.0 Å². The van der Waals surface area contributed by atoms with Gasteiger partial charge in [-0.15, -0.1) is 0 Å². The minimum Gasteiger partial charge on any atom is -0.396 e. The van der Waals surface area contributed by atoms with Crippen molar-refractivity contribution in [3.63, 3.8) is 0 Å². The molecule has 0 rings (SSSR count). The van der Waals surface area contributed by atoms with Gasteiger partial charge < -0.3 is 10.2 Å². The van der Waals surface area contributed by atoms with Gasteiger partial charge in [-0.25, -0.2) is 0 Å². The second kappa shape index (κ2) is 6.31. The quantitative estimate of drug-likeness (QED) is 0.594. The van der Waals surface area contributed by atoms with Crippen LogP contribution in [0.25, 0.3) is 0 Å². The van der Waals surface area contributed by atoms with E-state index < -0.39 is 6.10 Å². The lowest BCUT2D eigenvalue weighted by Crippen LogP contribution is -2.19. The monoisotopic (exact) mass is 160 g/mol. The van der Waals surface area contributed by atoms with Crippen LogP contribution in [0.3, 0.4) is 0 Å². The van der Waals surface area contributed by atoms with E-state index in [1.165, 1.54) is 0 Å². The highest BCUT2D eigenvalue weighted by Crippen LogP contribution is 2.01. The van der Waals surface area contributed by atoms with Gasteiger partial charge in [-0.1, -0.05) is 6.92 Å². The molecule has 0 radical (unpaired) electrons. The average Bonchev–Trinajstić information content (AvgIpc) is 2.00. The van der Waals surface area contributed by atoms with Crippen LogP contribution in [0.4, 0.5) is 0 Å². The molecule has 3 heteroatoms. The smallest absolute Gasteiger partial charge is 0.161 e. The third-order valence-corrected chi connectivity index (χ3v) is 1.50. The van der Waals surface area contributed by atoms with E-state index in [-0.39, 0.29) is 12.4 Å². The molecule has 0 spiro atoms. The topological polar surface area (TPSA) is 57.5 Å². The second-order valence-corrected chi connectivity index (χ2v) is 2.60. The van der Waals surface area contributed by atoms with Crippen LogP contribution < -0.4 is 0 Å². The fourth-order valence-corrected chi connectivity index (χ4v) is 0.859. The molecule has 0 aliphatic rings.